The third-order valence-electron chi connectivity index (χ3n) is 6.91. The largest absolute Gasteiger partial charge is 0.339 e. The number of nitrogens with one attached hydrogen (secondary N) is 1. The summed E-state index contributed by atoms with van der Waals surface area (Å²) in [4.78, 5) is 17.8. The molecular formula is C22H33N3O. The number of likely N-dealkylation sites (tertiary alicyclic amines) is 1. The van der Waals surface area contributed by atoms with Crippen LogP contribution in [0.2, 0.25) is 0 Å². The second-order valence-electron chi connectivity index (χ2n) is 9.56. The van der Waals surface area contributed by atoms with Crippen LogP contribution in [0, 0.1) is 11.3 Å². The van der Waals surface area contributed by atoms with Crippen molar-refractivity contribution in [1.82, 2.24) is 10.2 Å². The van der Waals surface area contributed by atoms with Gasteiger partial charge in [0.1, 0.15) is 5.54 Å². The molecule has 1 aliphatic carbocycles. The first-order chi connectivity index (χ1) is 12.4. The van der Waals surface area contributed by atoms with Gasteiger partial charge < -0.3 is 15.1 Å². The lowest BCUT2D eigenvalue weighted by atomic mass is 9.69. The normalized spacial score (nSPS) is 31.2. The first-order valence-corrected chi connectivity index (χ1v) is 10.2. The number of piperidine rings is 1. The number of amides is 1. The Morgan fingerprint density at radius 1 is 1.08 bits per heavy atom. The van der Waals surface area contributed by atoms with Gasteiger partial charge in [-0.15, -0.1) is 0 Å². The van der Waals surface area contributed by atoms with E-state index in [0.717, 1.165) is 37.5 Å². The number of hydrogen-bond acceptors (Lipinski definition) is 3. The second-order valence-corrected chi connectivity index (χ2v) is 9.56. The quantitative estimate of drug-likeness (QED) is 0.880. The van der Waals surface area contributed by atoms with E-state index in [1.54, 1.807) is 0 Å². The summed E-state index contributed by atoms with van der Waals surface area (Å²) >= 11 is 0. The molecule has 142 valence electrons. The molecule has 0 aromatic heterocycles. The number of rotatable bonds is 2. The molecule has 1 aromatic rings. The van der Waals surface area contributed by atoms with Gasteiger partial charge in [-0.1, -0.05) is 39.0 Å². The molecule has 2 heterocycles. The van der Waals surface area contributed by atoms with Crippen molar-refractivity contribution >= 4 is 11.6 Å². The molecule has 1 N–H and O–H groups in total. The molecule has 2 atom stereocenters. The Morgan fingerprint density at radius 3 is 2.42 bits per heavy atom. The van der Waals surface area contributed by atoms with Gasteiger partial charge in [0, 0.05) is 24.8 Å². The van der Waals surface area contributed by atoms with Crippen LogP contribution < -0.4 is 10.2 Å². The van der Waals surface area contributed by atoms with E-state index in [1.165, 1.54) is 19.3 Å². The summed E-state index contributed by atoms with van der Waals surface area (Å²) in [5, 5.41) is 3.11. The minimum Gasteiger partial charge on any atom is -0.339 e. The number of benzene rings is 1. The Kier molecular flexibility index (Phi) is 4.50. The zero-order chi connectivity index (χ0) is 18.4. The molecule has 1 saturated carbocycles. The predicted octanol–water partition coefficient (Wildman–Crippen LogP) is 3.63. The minimum atomic E-state index is -0.354. The van der Waals surface area contributed by atoms with Crippen molar-refractivity contribution in [2.45, 2.75) is 64.5 Å². The fraction of sp³-hybridized carbons (Fsp3) is 0.682. The highest BCUT2D eigenvalue weighted by Gasteiger charge is 2.51. The molecular weight excluding hydrogens is 322 g/mol. The molecule has 4 rings (SSSR count). The maximum Gasteiger partial charge on any atom is 0.247 e. The number of hydrogen-bond donors (Lipinski definition) is 1. The van der Waals surface area contributed by atoms with Gasteiger partial charge >= 0.3 is 0 Å². The Labute approximate surface area is 157 Å². The van der Waals surface area contributed by atoms with Crippen LogP contribution in [0.3, 0.4) is 0 Å². The number of anilines is 1. The highest BCUT2D eigenvalue weighted by molar-refractivity contribution is 5.93. The molecule has 3 fully saturated rings. The molecule has 1 amide bonds. The summed E-state index contributed by atoms with van der Waals surface area (Å²) in [6, 6.07) is 11.1. The molecule has 1 aromatic carbocycles. The zero-order valence-corrected chi connectivity index (χ0v) is 16.5. The number of nitrogens with zero attached hydrogens (tertiary/aromatic N) is 2. The van der Waals surface area contributed by atoms with Crippen molar-refractivity contribution in [3.63, 3.8) is 0 Å². The molecule has 2 saturated heterocycles. The molecule has 0 radical (unpaired) electrons. The van der Waals surface area contributed by atoms with Crippen LogP contribution >= 0.6 is 0 Å². The van der Waals surface area contributed by atoms with E-state index in [4.69, 9.17) is 0 Å². The molecule has 0 bridgehead atoms. The van der Waals surface area contributed by atoms with Crippen molar-refractivity contribution in [2.24, 2.45) is 11.3 Å². The third-order valence-corrected chi connectivity index (χ3v) is 6.91. The van der Waals surface area contributed by atoms with Crippen LogP contribution in [0.5, 0.6) is 0 Å². The standard InChI is InChI=1S/C22H33N3O/c1-17-13-19(15-21(2,3)14-17)24-11-9-22(10-12-24)20(26)23-16-25(22)18-7-5-4-6-8-18/h4-8,17,19H,9-16H2,1-3H3,(H,23,26). The van der Waals surface area contributed by atoms with Crippen LogP contribution in [-0.4, -0.2) is 42.1 Å². The summed E-state index contributed by atoms with van der Waals surface area (Å²) in [6.45, 7) is 9.94. The fourth-order valence-electron chi connectivity index (χ4n) is 5.87. The average Bonchev–Trinajstić information content (AvgIpc) is 2.91. The predicted molar refractivity (Wildman–Crippen MR) is 106 cm³/mol. The van der Waals surface area contributed by atoms with Gasteiger partial charge in [-0.25, -0.2) is 0 Å². The lowest BCUT2D eigenvalue weighted by molar-refractivity contribution is -0.125. The van der Waals surface area contributed by atoms with Gasteiger partial charge in [0.2, 0.25) is 5.91 Å². The van der Waals surface area contributed by atoms with Crippen LogP contribution in [-0.2, 0) is 4.79 Å². The number of para-hydroxylation sites is 1. The minimum absolute atomic E-state index is 0.221. The maximum atomic E-state index is 12.8. The van der Waals surface area contributed by atoms with E-state index in [0.29, 0.717) is 18.1 Å². The summed E-state index contributed by atoms with van der Waals surface area (Å²) in [7, 11) is 0. The molecule has 3 aliphatic rings. The van der Waals surface area contributed by atoms with Gasteiger partial charge in [-0.3, -0.25) is 4.79 Å². The lowest BCUT2D eigenvalue weighted by Crippen LogP contribution is -2.58. The summed E-state index contributed by atoms with van der Waals surface area (Å²) < 4.78 is 0. The Bertz CT molecular complexity index is 649. The monoisotopic (exact) mass is 355 g/mol. The van der Waals surface area contributed by atoms with Gasteiger partial charge in [-0.2, -0.15) is 0 Å². The number of carbonyl (C=O) groups excluding carboxylic acids is 1. The molecule has 4 nitrogen and oxygen atoms in total. The van der Waals surface area contributed by atoms with Crippen molar-refractivity contribution < 1.29 is 4.79 Å². The SMILES string of the molecule is CC1CC(N2CCC3(CC2)C(=O)NCN3c2ccccc2)CC(C)(C)C1. The molecule has 1 spiro atoms. The van der Waals surface area contributed by atoms with Crippen molar-refractivity contribution in [1.29, 1.82) is 0 Å². The summed E-state index contributed by atoms with van der Waals surface area (Å²) in [6.07, 6.45) is 5.80. The lowest BCUT2D eigenvalue weighted by Gasteiger charge is -2.49. The van der Waals surface area contributed by atoms with Crippen LogP contribution in [0.25, 0.3) is 0 Å². The summed E-state index contributed by atoms with van der Waals surface area (Å²) in [5.41, 5.74) is 1.25. The van der Waals surface area contributed by atoms with Crippen LogP contribution in [0.1, 0.15) is 52.9 Å². The second kappa shape index (κ2) is 6.56. The third kappa shape index (κ3) is 3.13. The van der Waals surface area contributed by atoms with E-state index >= 15 is 0 Å². The molecule has 2 unspecified atom stereocenters. The Balaban J connectivity index is 1.49. The highest BCUT2D eigenvalue weighted by Crippen LogP contribution is 2.43. The van der Waals surface area contributed by atoms with E-state index in [1.807, 2.05) is 6.07 Å². The first kappa shape index (κ1) is 17.8. The first-order valence-electron chi connectivity index (χ1n) is 10.2. The molecule has 4 heteroatoms. The fourth-order valence-corrected chi connectivity index (χ4v) is 5.87. The smallest absolute Gasteiger partial charge is 0.247 e. The van der Waals surface area contributed by atoms with E-state index in [-0.39, 0.29) is 11.4 Å². The molecule has 2 aliphatic heterocycles. The topological polar surface area (TPSA) is 35.6 Å². The van der Waals surface area contributed by atoms with E-state index in [9.17, 15) is 4.79 Å². The van der Waals surface area contributed by atoms with Crippen LogP contribution in [0.15, 0.2) is 30.3 Å². The highest BCUT2D eigenvalue weighted by atomic mass is 16.2. The van der Waals surface area contributed by atoms with Gasteiger partial charge in [-0.05, 0) is 55.6 Å². The Morgan fingerprint density at radius 2 is 1.77 bits per heavy atom. The average molecular weight is 356 g/mol. The van der Waals surface area contributed by atoms with Gasteiger partial charge in [0.15, 0.2) is 0 Å². The van der Waals surface area contributed by atoms with Gasteiger partial charge in [0.05, 0.1) is 6.67 Å². The summed E-state index contributed by atoms with van der Waals surface area (Å²) in [5.74, 6) is 1.02. The van der Waals surface area contributed by atoms with E-state index in [2.05, 4.69) is 60.2 Å². The Hall–Kier alpha value is -1.55. The van der Waals surface area contributed by atoms with Gasteiger partial charge in [0.25, 0.3) is 0 Å². The van der Waals surface area contributed by atoms with Crippen molar-refractivity contribution in [3.8, 4) is 0 Å². The van der Waals surface area contributed by atoms with E-state index < -0.39 is 0 Å². The zero-order valence-electron chi connectivity index (χ0n) is 16.5. The maximum absolute atomic E-state index is 12.8. The number of carbonyl (C=O) groups is 1. The molecule has 26 heavy (non-hydrogen) atoms. The van der Waals surface area contributed by atoms with Crippen molar-refractivity contribution in [3.05, 3.63) is 30.3 Å². The van der Waals surface area contributed by atoms with Crippen molar-refractivity contribution in [2.75, 3.05) is 24.7 Å². The van der Waals surface area contributed by atoms with Crippen LogP contribution in [0.4, 0.5) is 5.69 Å².